The summed E-state index contributed by atoms with van der Waals surface area (Å²) < 4.78 is 13.0. The van der Waals surface area contributed by atoms with Gasteiger partial charge < -0.3 is 11.1 Å². The number of nitrogen functional groups attached to an aromatic ring is 1. The average Bonchev–Trinajstić information content (AvgIpc) is 2.41. The lowest BCUT2D eigenvalue weighted by Gasteiger charge is -2.07. The van der Waals surface area contributed by atoms with Gasteiger partial charge in [-0.1, -0.05) is 0 Å². The zero-order chi connectivity index (χ0) is 13.8. The van der Waals surface area contributed by atoms with E-state index in [1.807, 2.05) is 6.07 Å². The molecule has 0 heterocycles. The Bertz CT molecular complexity index is 659. The number of rotatable bonds is 2. The fraction of sp³-hybridized carbons (Fsp3) is 0. The highest BCUT2D eigenvalue weighted by molar-refractivity contribution is 6.05. The lowest BCUT2D eigenvalue weighted by atomic mass is 10.1. The number of nitriles is 1. The van der Waals surface area contributed by atoms with Crippen molar-refractivity contribution in [2.75, 3.05) is 11.1 Å². The first-order chi connectivity index (χ1) is 9.10. The van der Waals surface area contributed by atoms with Gasteiger partial charge in [0.05, 0.1) is 11.3 Å². The molecule has 3 N–H and O–H groups in total. The number of carbonyl (C=O) groups is 1. The van der Waals surface area contributed by atoms with E-state index in [4.69, 9.17) is 11.0 Å². The van der Waals surface area contributed by atoms with Crippen molar-refractivity contribution in [3.63, 3.8) is 0 Å². The van der Waals surface area contributed by atoms with E-state index >= 15 is 0 Å². The Morgan fingerprint density at radius 3 is 2.53 bits per heavy atom. The Morgan fingerprint density at radius 1 is 1.21 bits per heavy atom. The van der Waals surface area contributed by atoms with Crippen LogP contribution in [0.2, 0.25) is 0 Å². The highest BCUT2D eigenvalue weighted by Crippen LogP contribution is 2.17. The number of nitrogens with two attached hydrogens (primary N) is 1. The van der Waals surface area contributed by atoms with Crippen LogP contribution in [-0.4, -0.2) is 5.91 Å². The predicted molar refractivity (Wildman–Crippen MR) is 69.9 cm³/mol. The van der Waals surface area contributed by atoms with Gasteiger partial charge in [-0.3, -0.25) is 4.79 Å². The summed E-state index contributed by atoms with van der Waals surface area (Å²) in [6.07, 6.45) is 0. The molecular formula is C14H10FN3O. The zero-order valence-electron chi connectivity index (χ0n) is 9.85. The van der Waals surface area contributed by atoms with Crippen LogP contribution in [0.5, 0.6) is 0 Å². The minimum Gasteiger partial charge on any atom is -0.399 e. The molecule has 0 spiro atoms. The van der Waals surface area contributed by atoms with Gasteiger partial charge in [-0.15, -0.1) is 0 Å². The second-order valence-corrected chi connectivity index (χ2v) is 3.88. The molecule has 4 nitrogen and oxygen atoms in total. The van der Waals surface area contributed by atoms with Gasteiger partial charge in [0.2, 0.25) is 0 Å². The summed E-state index contributed by atoms with van der Waals surface area (Å²) in [5.41, 5.74) is 6.82. The topological polar surface area (TPSA) is 78.9 Å². The first-order valence-corrected chi connectivity index (χ1v) is 5.46. The van der Waals surface area contributed by atoms with E-state index in [9.17, 15) is 9.18 Å². The summed E-state index contributed by atoms with van der Waals surface area (Å²) in [7, 11) is 0. The van der Waals surface area contributed by atoms with E-state index in [1.165, 1.54) is 12.1 Å². The van der Waals surface area contributed by atoms with Gasteiger partial charge in [0, 0.05) is 11.3 Å². The van der Waals surface area contributed by atoms with Gasteiger partial charge in [-0.05, 0) is 42.5 Å². The maximum atomic E-state index is 13.0. The summed E-state index contributed by atoms with van der Waals surface area (Å²) >= 11 is 0. The fourth-order valence-electron chi connectivity index (χ4n) is 1.55. The van der Waals surface area contributed by atoms with E-state index in [-0.39, 0.29) is 17.2 Å². The summed E-state index contributed by atoms with van der Waals surface area (Å²) in [5, 5.41) is 11.4. The van der Waals surface area contributed by atoms with Crippen LogP contribution in [0.25, 0.3) is 0 Å². The molecule has 0 radical (unpaired) electrons. The smallest absolute Gasteiger partial charge is 0.255 e. The van der Waals surface area contributed by atoms with Gasteiger partial charge in [0.1, 0.15) is 11.9 Å². The third-order valence-electron chi connectivity index (χ3n) is 2.52. The van der Waals surface area contributed by atoms with Crippen LogP contribution in [0.15, 0.2) is 42.5 Å². The molecule has 0 atom stereocenters. The highest BCUT2D eigenvalue weighted by atomic mass is 19.1. The number of hydrogen-bond acceptors (Lipinski definition) is 3. The largest absolute Gasteiger partial charge is 0.399 e. The lowest BCUT2D eigenvalue weighted by Crippen LogP contribution is -2.13. The summed E-state index contributed by atoms with van der Waals surface area (Å²) in [4.78, 5) is 11.9. The number of benzene rings is 2. The number of halogens is 1. The van der Waals surface area contributed by atoms with Gasteiger partial charge in [0.15, 0.2) is 0 Å². The van der Waals surface area contributed by atoms with E-state index in [2.05, 4.69) is 5.32 Å². The molecule has 0 aromatic heterocycles. The first-order valence-electron chi connectivity index (χ1n) is 5.46. The molecule has 0 saturated carbocycles. The molecule has 0 aliphatic carbocycles. The average molecular weight is 255 g/mol. The molecule has 94 valence electrons. The van der Waals surface area contributed by atoms with Gasteiger partial charge >= 0.3 is 0 Å². The van der Waals surface area contributed by atoms with E-state index in [1.54, 1.807) is 24.3 Å². The van der Waals surface area contributed by atoms with Crippen LogP contribution < -0.4 is 11.1 Å². The Kier molecular flexibility index (Phi) is 3.44. The van der Waals surface area contributed by atoms with E-state index < -0.39 is 5.82 Å². The molecule has 2 aromatic rings. The molecular weight excluding hydrogens is 245 g/mol. The molecule has 0 bridgehead atoms. The Balaban J connectivity index is 2.24. The van der Waals surface area contributed by atoms with Gasteiger partial charge in [-0.2, -0.15) is 5.26 Å². The first kappa shape index (κ1) is 12.6. The third-order valence-corrected chi connectivity index (χ3v) is 2.52. The van der Waals surface area contributed by atoms with Crippen molar-refractivity contribution in [2.45, 2.75) is 0 Å². The SMILES string of the molecule is N#Cc1cc(F)ccc1NC(=O)c1ccc(N)cc1. The molecule has 0 unspecified atom stereocenters. The maximum Gasteiger partial charge on any atom is 0.255 e. The van der Waals surface area contributed by atoms with Gasteiger partial charge in [0.25, 0.3) is 5.91 Å². The molecule has 5 heteroatoms. The van der Waals surface area contributed by atoms with Crippen molar-refractivity contribution in [1.82, 2.24) is 0 Å². The second kappa shape index (κ2) is 5.19. The third kappa shape index (κ3) is 2.87. The summed E-state index contributed by atoms with van der Waals surface area (Å²) in [6, 6.07) is 11.8. The van der Waals surface area contributed by atoms with Crippen molar-refractivity contribution >= 4 is 17.3 Å². The molecule has 2 rings (SSSR count). The molecule has 1 amide bonds. The van der Waals surface area contributed by atoms with Crippen LogP contribution in [-0.2, 0) is 0 Å². The van der Waals surface area contributed by atoms with E-state index in [0.717, 1.165) is 6.07 Å². The van der Waals surface area contributed by atoms with E-state index in [0.29, 0.717) is 11.3 Å². The number of amides is 1. The van der Waals surface area contributed by atoms with Crippen molar-refractivity contribution in [3.8, 4) is 6.07 Å². The van der Waals surface area contributed by atoms with Crippen LogP contribution >= 0.6 is 0 Å². The normalized spacial score (nSPS) is 9.68. The minimum atomic E-state index is -0.526. The molecule has 0 aliphatic heterocycles. The lowest BCUT2D eigenvalue weighted by molar-refractivity contribution is 0.102. The number of anilines is 2. The van der Waals surface area contributed by atoms with Crippen molar-refractivity contribution < 1.29 is 9.18 Å². The zero-order valence-corrected chi connectivity index (χ0v) is 9.85. The summed E-state index contributed by atoms with van der Waals surface area (Å²) in [5.74, 6) is -0.912. The van der Waals surface area contributed by atoms with Crippen LogP contribution in [0.4, 0.5) is 15.8 Å². The van der Waals surface area contributed by atoms with Crippen LogP contribution in [0, 0.1) is 17.1 Å². The monoisotopic (exact) mass is 255 g/mol. The molecule has 0 aliphatic rings. The molecule has 0 saturated heterocycles. The minimum absolute atomic E-state index is 0.0730. The second-order valence-electron chi connectivity index (χ2n) is 3.88. The van der Waals surface area contributed by atoms with Crippen LogP contribution in [0.3, 0.4) is 0 Å². The Hall–Kier alpha value is -2.87. The standard InChI is InChI=1S/C14H10FN3O/c15-11-3-6-13(10(7-11)8-16)18-14(19)9-1-4-12(17)5-2-9/h1-7H,17H2,(H,18,19). The highest BCUT2D eigenvalue weighted by Gasteiger charge is 2.09. The number of carbonyl (C=O) groups excluding carboxylic acids is 1. The maximum absolute atomic E-state index is 13.0. The quantitative estimate of drug-likeness (QED) is 0.809. The Morgan fingerprint density at radius 2 is 1.89 bits per heavy atom. The fourth-order valence-corrected chi connectivity index (χ4v) is 1.55. The van der Waals surface area contributed by atoms with Crippen molar-refractivity contribution in [2.24, 2.45) is 0 Å². The van der Waals surface area contributed by atoms with Crippen molar-refractivity contribution in [3.05, 3.63) is 59.4 Å². The van der Waals surface area contributed by atoms with Crippen molar-refractivity contribution in [1.29, 1.82) is 5.26 Å². The molecule has 2 aromatic carbocycles. The molecule has 19 heavy (non-hydrogen) atoms. The molecule has 0 fully saturated rings. The number of nitrogens with zero attached hydrogens (tertiary/aromatic N) is 1. The number of nitrogens with one attached hydrogen (secondary N) is 1. The van der Waals surface area contributed by atoms with Crippen LogP contribution in [0.1, 0.15) is 15.9 Å². The predicted octanol–water partition coefficient (Wildman–Crippen LogP) is 2.53. The summed E-state index contributed by atoms with van der Waals surface area (Å²) in [6.45, 7) is 0. The van der Waals surface area contributed by atoms with Gasteiger partial charge in [-0.25, -0.2) is 4.39 Å². The Labute approximate surface area is 109 Å². The number of hydrogen-bond donors (Lipinski definition) is 2.